The first kappa shape index (κ1) is 20.0. The number of anilines is 2. The van der Waals surface area contributed by atoms with Crippen molar-refractivity contribution >= 4 is 40.5 Å². The molecule has 0 saturated carbocycles. The molecular formula is C23H19FN2O3S. The Balaban J connectivity index is 1.71. The highest BCUT2D eigenvalue weighted by molar-refractivity contribution is 8.03. The molecule has 0 N–H and O–H groups in total. The second-order valence-electron chi connectivity index (χ2n) is 6.94. The minimum absolute atomic E-state index is 0.272. The monoisotopic (exact) mass is 422 g/mol. The number of hydrogen-bond acceptors (Lipinski definition) is 5. The van der Waals surface area contributed by atoms with Crippen LogP contribution in [0, 0.1) is 5.82 Å². The molecule has 0 spiro atoms. The van der Waals surface area contributed by atoms with Gasteiger partial charge < -0.3 is 9.32 Å². The molecule has 0 unspecified atom stereocenters. The zero-order valence-corrected chi connectivity index (χ0v) is 17.3. The van der Waals surface area contributed by atoms with E-state index in [4.69, 9.17) is 4.42 Å². The Kier molecular flexibility index (Phi) is 5.46. The molecule has 30 heavy (non-hydrogen) atoms. The predicted octanol–water partition coefficient (Wildman–Crippen LogP) is 4.70. The fourth-order valence-corrected chi connectivity index (χ4v) is 4.20. The molecule has 7 heteroatoms. The number of halogens is 1. The maximum Gasteiger partial charge on any atom is 0.272 e. The number of rotatable bonds is 6. The molecule has 0 saturated heterocycles. The van der Waals surface area contributed by atoms with Crippen molar-refractivity contribution in [2.75, 3.05) is 23.9 Å². The van der Waals surface area contributed by atoms with Crippen LogP contribution >= 0.6 is 11.8 Å². The highest BCUT2D eigenvalue weighted by Crippen LogP contribution is 2.39. The molecule has 3 aromatic rings. The first-order valence-corrected chi connectivity index (χ1v) is 10.3. The summed E-state index contributed by atoms with van der Waals surface area (Å²) in [5.41, 5.74) is 2.22. The van der Waals surface area contributed by atoms with E-state index in [-0.39, 0.29) is 5.57 Å². The molecule has 1 aliphatic rings. The summed E-state index contributed by atoms with van der Waals surface area (Å²) in [5, 5.41) is 0. The number of nitrogens with zero attached hydrogens (tertiary/aromatic N) is 2. The molecule has 2 amide bonds. The molecule has 2 heterocycles. The second-order valence-corrected chi connectivity index (χ2v) is 7.92. The Morgan fingerprint density at radius 2 is 1.67 bits per heavy atom. The standard InChI is InChI=1S/C23H19FN2O3S/c1-25(2)17-9-11-18(12-10-17)26-22(27)20(15-5-7-16(24)8-6-15)21(23(26)28)30-14-19-4-3-13-29-19/h3-13H,14H2,1-2H3. The van der Waals surface area contributed by atoms with Gasteiger partial charge in [-0.1, -0.05) is 12.1 Å². The van der Waals surface area contributed by atoms with Crippen LogP contribution in [-0.4, -0.2) is 25.9 Å². The van der Waals surface area contributed by atoms with Crippen molar-refractivity contribution in [3.8, 4) is 0 Å². The lowest BCUT2D eigenvalue weighted by molar-refractivity contribution is -0.119. The van der Waals surface area contributed by atoms with Gasteiger partial charge in [-0.2, -0.15) is 0 Å². The molecule has 5 nitrogen and oxygen atoms in total. The zero-order chi connectivity index (χ0) is 21.3. The Morgan fingerprint density at radius 1 is 0.967 bits per heavy atom. The van der Waals surface area contributed by atoms with E-state index in [9.17, 15) is 14.0 Å². The van der Waals surface area contributed by atoms with E-state index < -0.39 is 17.6 Å². The van der Waals surface area contributed by atoms with Gasteiger partial charge in [-0.15, -0.1) is 11.8 Å². The van der Waals surface area contributed by atoms with Gasteiger partial charge in [-0.25, -0.2) is 9.29 Å². The molecule has 4 rings (SSSR count). The lowest BCUT2D eigenvalue weighted by Crippen LogP contribution is -2.31. The lowest BCUT2D eigenvalue weighted by Gasteiger charge is -2.17. The average molecular weight is 422 g/mol. The lowest BCUT2D eigenvalue weighted by atomic mass is 10.1. The SMILES string of the molecule is CN(C)c1ccc(N2C(=O)C(SCc3ccco3)=C(c3ccc(F)cc3)C2=O)cc1. The van der Waals surface area contributed by atoms with Crippen LogP contribution in [0.1, 0.15) is 11.3 Å². The number of imide groups is 1. The van der Waals surface area contributed by atoms with Gasteiger partial charge in [0.25, 0.3) is 11.8 Å². The van der Waals surface area contributed by atoms with Gasteiger partial charge in [0.05, 0.1) is 28.2 Å². The number of furan rings is 1. The number of thioether (sulfide) groups is 1. The molecule has 152 valence electrons. The summed E-state index contributed by atoms with van der Waals surface area (Å²) < 4.78 is 18.8. The van der Waals surface area contributed by atoms with Gasteiger partial charge in [0, 0.05) is 19.8 Å². The van der Waals surface area contributed by atoms with E-state index in [1.54, 1.807) is 24.5 Å². The molecule has 0 bridgehead atoms. The third kappa shape index (κ3) is 3.76. The van der Waals surface area contributed by atoms with Crippen LogP contribution < -0.4 is 9.80 Å². The Labute approximate surface area is 177 Å². The van der Waals surface area contributed by atoms with Gasteiger partial charge in [-0.05, 0) is 54.1 Å². The molecule has 2 aromatic carbocycles. The van der Waals surface area contributed by atoms with Gasteiger partial charge in [0.2, 0.25) is 0 Å². The van der Waals surface area contributed by atoms with E-state index >= 15 is 0 Å². The van der Waals surface area contributed by atoms with Crippen molar-refractivity contribution in [1.82, 2.24) is 0 Å². The van der Waals surface area contributed by atoms with E-state index in [1.165, 1.54) is 40.9 Å². The van der Waals surface area contributed by atoms with Gasteiger partial charge >= 0.3 is 0 Å². The van der Waals surface area contributed by atoms with E-state index in [2.05, 4.69) is 0 Å². The maximum absolute atomic E-state index is 13.4. The van der Waals surface area contributed by atoms with Gasteiger partial charge in [0.1, 0.15) is 11.6 Å². The molecular weight excluding hydrogens is 403 g/mol. The van der Waals surface area contributed by atoms with E-state index in [1.807, 2.05) is 37.2 Å². The molecule has 0 fully saturated rings. The summed E-state index contributed by atoms with van der Waals surface area (Å²) in [6.45, 7) is 0. The number of carbonyl (C=O) groups is 2. The van der Waals surface area contributed by atoms with E-state index in [0.717, 1.165) is 5.69 Å². The molecule has 0 radical (unpaired) electrons. The summed E-state index contributed by atoms with van der Waals surface area (Å²) in [7, 11) is 3.83. The van der Waals surface area contributed by atoms with Gasteiger partial charge in [-0.3, -0.25) is 9.59 Å². The topological polar surface area (TPSA) is 53.8 Å². The fraction of sp³-hybridized carbons (Fsp3) is 0.130. The van der Waals surface area contributed by atoms with Crippen molar-refractivity contribution in [1.29, 1.82) is 0 Å². The average Bonchev–Trinajstić information content (AvgIpc) is 3.33. The van der Waals surface area contributed by atoms with Crippen LogP contribution in [0.25, 0.3) is 5.57 Å². The largest absolute Gasteiger partial charge is 0.468 e. The smallest absolute Gasteiger partial charge is 0.272 e. The van der Waals surface area contributed by atoms with Crippen molar-refractivity contribution in [2.24, 2.45) is 0 Å². The zero-order valence-electron chi connectivity index (χ0n) is 16.5. The normalized spacial score (nSPS) is 14.0. The van der Waals surface area contributed by atoms with Crippen LogP contribution in [-0.2, 0) is 15.3 Å². The van der Waals surface area contributed by atoms with Crippen LogP contribution in [0.2, 0.25) is 0 Å². The Hall–Kier alpha value is -3.32. The number of hydrogen-bond donors (Lipinski definition) is 0. The minimum atomic E-state index is -0.425. The highest BCUT2D eigenvalue weighted by Gasteiger charge is 2.40. The van der Waals surface area contributed by atoms with Crippen molar-refractivity contribution in [3.63, 3.8) is 0 Å². The van der Waals surface area contributed by atoms with Gasteiger partial charge in [0.15, 0.2) is 0 Å². The maximum atomic E-state index is 13.4. The second kappa shape index (κ2) is 8.20. The Morgan fingerprint density at radius 3 is 2.27 bits per heavy atom. The minimum Gasteiger partial charge on any atom is -0.468 e. The fourth-order valence-electron chi connectivity index (χ4n) is 3.19. The van der Waals surface area contributed by atoms with Crippen LogP contribution in [0.15, 0.2) is 76.2 Å². The van der Waals surface area contributed by atoms with Crippen LogP contribution in [0.3, 0.4) is 0 Å². The number of amides is 2. The van der Waals surface area contributed by atoms with Crippen LogP contribution in [0.4, 0.5) is 15.8 Å². The van der Waals surface area contributed by atoms with Crippen molar-refractivity contribution in [2.45, 2.75) is 5.75 Å². The number of carbonyl (C=O) groups excluding carboxylic acids is 2. The summed E-state index contributed by atoms with van der Waals surface area (Å²) in [6.07, 6.45) is 1.56. The summed E-state index contributed by atoms with van der Waals surface area (Å²) in [4.78, 5) is 30.0. The summed E-state index contributed by atoms with van der Waals surface area (Å²) >= 11 is 1.24. The first-order valence-electron chi connectivity index (χ1n) is 9.27. The third-order valence-electron chi connectivity index (χ3n) is 4.74. The van der Waals surface area contributed by atoms with Crippen molar-refractivity contribution in [3.05, 3.63) is 89.0 Å². The summed E-state index contributed by atoms with van der Waals surface area (Å²) in [5.74, 6) is -0.129. The van der Waals surface area contributed by atoms with Crippen molar-refractivity contribution < 1.29 is 18.4 Å². The molecule has 0 atom stereocenters. The molecule has 1 aliphatic heterocycles. The highest BCUT2D eigenvalue weighted by atomic mass is 32.2. The molecule has 0 aliphatic carbocycles. The predicted molar refractivity (Wildman–Crippen MR) is 117 cm³/mol. The third-order valence-corrected chi connectivity index (χ3v) is 5.83. The first-order chi connectivity index (χ1) is 14.5. The summed E-state index contributed by atoms with van der Waals surface area (Å²) in [6, 6.07) is 16.4. The number of benzene rings is 2. The molecule has 1 aromatic heterocycles. The van der Waals surface area contributed by atoms with Crippen LogP contribution in [0.5, 0.6) is 0 Å². The Bertz CT molecular complexity index is 1100. The quantitative estimate of drug-likeness (QED) is 0.539. The van der Waals surface area contributed by atoms with E-state index in [0.29, 0.717) is 27.7 Å².